The van der Waals surface area contributed by atoms with Gasteiger partial charge >= 0.3 is 0 Å². The Kier molecular flexibility index (Phi) is 3.77. The van der Waals surface area contributed by atoms with E-state index in [1.807, 2.05) is 30.3 Å². The highest BCUT2D eigenvalue weighted by molar-refractivity contribution is 7.90. The van der Waals surface area contributed by atoms with E-state index in [9.17, 15) is 13.2 Å². The molecule has 1 aromatic carbocycles. The number of sulfone groups is 1. The summed E-state index contributed by atoms with van der Waals surface area (Å²) in [6, 6.07) is 10.6. The van der Waals surface area contributed by atoms with Crippen LogP contribution in [-0.4, -0.2) is 40.1 Å². The fourth-order valence-electron chi connectivity index (χ4n) is 4.81. The van der Waals surface area contributed by atoms with Crippen LogP contribution in [0.5, 0.6) is 0 Å². The first-order chi connectivity index (χ1) is 14.9. The molecule has 0 N–H and O–H groups in total. The molecule has 160 valence electrons. The van der Waals surface area contributed by atoms with Crippen molar-refractivity contribution in [3.8, 4) is 0 Å². The van der Waals surface area contributed by atoms with Gasteiger partial charge < -0.3 is 23.5 Å². The molecule has 9 heteroatoms. The minimum absolute atomic E-state index is 0.118. The topological polar surface area (TPSA) is 95.3 Å². The standard InChI is InChI=1S/C22H19NO7S/c1-31(25,26)20-7-6-13(30-20)10-23-16-5-3-2-4-14(16)22(21(23)24)11-27-17-9-19-18(8-15(17)22)28-12-29-19/h2-8,19H,9-12H2,1H3. The lowest BCUT2D eigenvalue weighted by atomic mass is 9.74. The van der Waals surface area contributed by atoms with Gasteiger partial charge in [-0.1, -0.05) is 18.2 Å². The third-order valence-corrected chi connectivity index (χ3v) is 7.22. The molecular formula is C22H19NO7S. The first-order valence-electron chi connectivity index (χ1n) is 9.90. The summed E-state index contributed by atoms with van der Waals surface area (Å²) in [5, 5.41) is -0.118. The molecule has 0 radical (unpaired) electrons. The van der Waals surface area contributed by atoms with Crippen molar-refractivity contribution in [1.29, 1.82) is 0 Å². The van der Waals surface area contributed by atoms with Crippen LogP contribution in [0.4, 0.5) is 5.69 Å². The first-order valence-corrected chi connectivity index (χ1v) is 11.8. The van der Waals surface area contributed by atoms with Gasteiger partial charge in [-0.15, -0.1) is 0 Å². The monoisotopic (exact) mass is 441 g/mol. The van der Waals surface area contributed by atoms with Crippen LogP contribution in [0.2, 0.25) is 0 Å². The van der Waals surface area contributed by atoms with Crippen molar-refractivity contribution in [3.63, 3.8) is 0 Å². The number of hydrogen-bond donors (Lipinski definition) is 0. The van der Waals surface area contributed by atoms with E-state index < -0.39 is 15.3 Å². The van der Waals surface area contributed by atoms with Gasteiger partial charge in [-0.05, 0) is 29.8 Å². The molecule has 1 amide bonds. The van der Waals surface area contributed by atoms with Crippen molar-refractivity contribution in [2.75, 3.05) is 24.6 Å². The molecule has 1 spiro atoms. The van der Waals surface area contributed by atoms with Crippen molar-refractivity contribution in [2.45, 2.75) is 29.6 Å². The molecule has 8 nitrogen and oxygen atoms in total. The number of fused-ring (bicyclic) bond motifs is 4. The van der Waals surface area contributed by atoms with Crippen LogP contribution < -0.4 is 4.90 Å². The number of carbonyl (C=O) groups excluding carboxylic acids is 1. The summed E-state index contributed by atoms with van der Waals surface area (Å²) in [5.74, 6) is 1.73. The Morgan fingerprint density at radius 2 is 2.00 bits per heavy atom. The van der Waals surface area contributed by atoms with E-state index in [1.165, 1.54) is 6.07 Å². The zero-order valence-corrected chi connectivity index (χ0v) is 17.5. The number of para-hydroxylation sites is 1. The first kappa shape index (κ1) is 18.7. The molecule has 2 unspecified atom stereocenters. The zero-order valence-electron chi connectivity index (χ0n) is 16.7. The second-order valence-electron chi connectivity index (χ2n) is 8.10. The van der Waals surface area contributed by atoms with Crippen molar-refractivity contribution >= 4 is 21.4 Å². The van der Waals surface area contributed by atoms with Crippen molar-refractivity contribution in [1.82, 2.24) is 0 Å². The van der Waals surface area contributed by atoms with Crippen LogP contribution in [0.15, 0.2) is 69.1 Å². The quantitative estimate of drug-likeness (QED) is 0.722. The Bertz CT molecular complexity index is 1290. The SMILES string of the molecule is CS(=O)(=O)c1ccc(CN2C(=O)C3(COC4=C3C=C3OCOC3C4)c3ccccc32)o1. The Hall–Kier alpha value is -3.04. The van der Waals surface area contributed by atoms with Gasteiger partial charge in [0.15, 0.2) is 6.79 Å². The normalized spacial score (nSPS) is 26.5. The van der Waals surface area contributed by atoms with Crippen molar-refractivity contribution in [2.24, 2.45) is 0 Å². The molecule has 1 aromatic heterocycles. The average molecular weight is 441 g/mol. The van der Waals surface area contributed by atoms with Gasteiger partial charge in [0.2, 0.25) is 20.8 Å². The molecule has 4 heterocycles. The van der Waals surface area contributed by atoms with Crippen LogP contribution in [-0.2, 0) is 40.8 Å². The number of furan rings is 1. The molecular weight excluding hydrogens is 422 g/mol. The molecule has 2 aromatic rings. The van der Waals surface area contributed by atoms with E-state index in [4.69, 9.17) is 18.6 Å². The Balaban J connectivity index is 1.43. The Morgan fingerprint density at radius 1 is 1.16 bits per heavy atom. The second kappa shape index (κ2) is 6.24. The molecule has 3 aliphatic heterocycles. The molecule has 1 saturated heterocycles. The summed E-state index contributed by atoms with van der Waals surface area (Å²) in [7, 11) is -3.47. The molecule has 1 fully saturated rings. The summed E-state index contributed by atoms with van der Waals surface area (Å²) in [5.41, 5.74) is 1.45. The zero-order chi connectivity index (χ0) is 21.4. The van der Waals surface area contributed by atoms with E-state index in [0.29, 0.717) is 12.2 Å². The summed E-state index contributed by atoms with van der Waals surface area (Å²) in [4.78, 5) is 15.5. The number of anilines is 1. The van der Waals surface area contributed by atoms with Gasteiger partial charge in [0, 0.05) is 23.9 Å². The van der Waals surface area contributed by atoms with Crippen LogP contribution in [0.3, 0.4) is 0 Å². The lowest BCUT2D eigenvalue weighted by Crippen LogP contribution is -2.42. The number of allylic oxidation sites excluding steroid dienone is 1. The van der Waals surface area contributed by atoms with Gasteiger partial charge in [-0.3, -0.25) is 4.79 Å². The summed E-state index contributed by atoms with van der Waals surface area (Å²) < 4.78 is 46.3. The van der Waals surface area contributed by atoms with Crippen molar-refractivity contribution < 1.29 is 31.8 Å². The Labute approximate surface area is 178 Å². The van der Waals surface area contributed by atoms with Crippen LogP contribution in [0.25, 0.3) is 0 Å². The molecule has 0 saturated carbocycles. The number of benzene rings is 1. The number of amides is 1. The van der Waals surface area contributed by atoms with Gasteiger partial charge in [-0.25, -0.2) is 8.42 Å². The third-order valence-electron chi connectivity index (χ3n) is 6.27. The number of nitrogens with zero attached hydrogens (tertiary/aromatic N) is 1. The average Bonchev–Trinajstić information content (AvgIpc) is 3.50. The molecule has 4 aliphatic rings. The largest absolute Gasteiger partial charge is 0.496 e. The van der Waals surface area contributed by atoms with Gasteiger partial charge in [0.05, 0.1) is 6.54 Å². The molecule has 2 atom stereocenters. The number of hydrogen-bond acceptors (Lipinski definition) is 7. The van der Waals surface area contributed by atoms with E-state index in [0.717, 1.165) is 34.6 Å². The maximum absolute atomic E-state index is 13.9. The number of rotatable bonds is 3. The van der Waals surface area contributed by atoms with E-state index in [2.05, 4.69) is 0 Å². The van der Waals surface area contributed by atoms with Crippen LogP contribution in [0.1, 0.15) is 17.7 Å². The fraction of sp³-hybridized carbons (Fsp3) is 0.318. The Morgan fingerprint density at radius 3 is 2.81 bits per heavy atom. The van der Waals surface area contributed by atoms with Gasteiger partial charge in [0.25, 0.3) is 0 Å². The minimum atomic E-state index is -3.47. The third kappa shape index (κ3) is 2.56. The molecule has 0 bridgehead atoms. The minimum Gasteiger partial charge on any atom is -0.496 e. The maximum atomic E-state index is 13.9. The summed E-state index contributed by atoms with van der Waals surface area (Å²) in [6.07, 6.45) is 3.34. The highest BCUT2D eigenvalue weighted by Crippen LogP contribution is 2.54. The van der Waals surface area contributed by atoms with E-state index in [1.54, 1.807) is 11.0 Å². The number of ether oxygens (including phenoxy) is 3. The van der Waals surface area contributed by atoms with Gasteiger partial charge in [-0.2, -0.15) is 0 Å². The predicted molar refractivity (Wildman–Crippen MR) is 108 cm³/mol. The van der Waals surface area contributed by atoms with Crippen molar-refractivity contribution in [3.05, 3.63) is 70.9 Å². The summed E-state index contributed by atoms with van der Waals surface area (Å²) >= 11 is 0. The predicted octanol–water partition coefficient (Wildman–Crippen LogP) is 2.41. The summed E-state index contributed by atoms with van der Waals surface area (Å²) in [6.45, 7) is 0.518. The molecule has 1 aliphatic carbocycles. The lowest BCUT2D eigenvalue weighted by Gasteiger charge is -2.25. The highest BCUT2D eigenvalue weighted by atomic mass is 32.2. The van der Waals surface area contributed by atoms with E-state index in [-0.39, 0.29) is 37.0 Å². The molecule has 6 rings (SSSR count). The fourth-order valence-corrected chi connectivity index (χ4v) is 5.38. The number of carbonyl (C=O) groups is 1. The maximum Gasteiger partial charge on any atom is 0.246 e. The van der Waals surface area contributed by atoms with E-state index >= 15 is 0 Å². The van der Waals surface area contributed by atoms with Crippen LogP contribution in [0, 0.1) is 0 Å². The lowest BCUT2D eigenvalue weighted by molar-refractivity contribution is -0.122. The van der Waals surface area contributed by atoms with Crippen LogP contribution >= 0.6 is 0 Å². The smallest absolute Gasteiger partial charge is 0.246 e. The molecule has 31 heavy (non-hydrogen) atoms. The van der Waals surface area contributed by atoms with Gasteiger partial charge in [0.1, 0.15) is 35.4 Å². The highest BCUT2D eigenvalue weighted by Gasteiger charge is 2.58. The second-order valence-corrected chi connectivity index (χ2v) is 10.0.